The Kier molecular flexibility index (Phi) is 6.35. The lowest BCUT2D eigenvalue weighted by Crippen LogP contribution is -2.27. The number of para-hydroxylation sites is 2. The molecule has 0 saturated carbocycles. The Morgan fingerprint density at radius 2 is 1.80 bits per heavy atom. The highest BCUT2D eigenvalue weighted by Crippen LogP contribution is 2.38. The first-order valence-corrected chi connectivity index (χ1v) is 12.0. The molecule has 0 N–H and O–H groups in total. The van der Waals surface area contributed by atoms with Crippen molar-refractivity contribution in [2.75, 3.05) is 11.5 Å². The van der Waals surface area contributed by atoms with Crippen LogP contribution in [0, 0.1) is 10.1 Å². The van der Waals surface area contributed by atoms with Gasteiger partial charge in [0, 0.05) is 34.8 Å². The van der Waals surface area contributed by atoms with Crippen LogP contribution in [0.4, 0.5) is 11.4 Å². The van der Waals surface area contributed by atoms with Crippen LogP contribution in [0.15, 0.2) is 90.0 Å². The minimum atomic E-state index is -0.493. The molecular weight excluding hydrogens is 482 g/mol. The number of nitro benzene ring substituents is 1. The second kappa shape index (κ2) is 9.73. The fourth-order valence-electron chi connectivity index (χ4n) is 3.93. The number of carbonyl (C=O) groups is 1. The van der Waals surface area contributed by atoms with E-state index >= 15 is 0 Å². The summed E-state index contributed by atoms with van der Waals surface area (Å²) in [5.74, 6) is 0.513. The van der Waals surface area contributed by atoms with Gasteiger partial charge in [0.25, 0.3) is 11.6 Å². The molecule has 5 rings (SSSR count). The van der Waals surface area contributed by atoms with Gasteiger partial charge in [0.15, 0.2) is 4.32 Å². The molecule has 9 heteroatoms. The molecule has 1 aliphatic heterocycles. The second-order valence-corrected chi connectivity index (χ2v) is 9.43. The van der Waals surface area contributed by atoms with Crippen LogP contribution in [-0.4, -0.2) is 26.3 Å². The summed E-state index contributed by atoms with van der Waals surface area (Å²) in [5.41, 5.74) is 2.20. The van der Waals surface area contributed by atoms with Crippen molar-refractivity contribution < 1.29 is 14.5 Å². The van der Waals surface area contributed by atoms with Crippen LogP contribution >= 0.6 is 24.0 Å². The third-order valence-corrected chi connectivity index (χ3v) is 6.84. The maximum absolute atomic E-state index is 13.2. The van der Waals surface area contributed by atoms with E-state index in [2.05, 4.69) is 4.57 Å². The Morgan fingerprint density at radius 3 is 2.60 bits per heavy atom. The lowest BCUT2D eigenvalue weighted by Gasteiger charge is -2.13. The Balaban J connectivity index is 1.41. The summed E-state index contributed by atoms with van der Waals surface area (Å²) in [7, 11) is 0. The van der Waals surface area contributed by atoms with Crippen molar-refractivity contribution in [2.24, 2.45) is 0 Å². The fraction of sp³-hybridized carbons (Fsp3) is 0.0769. The SMILES string of the molecule is O=C1/C(=C\c2cn(CCOc3ccccc3)c3ccccc23)SC(=S)N1c1cccc([N+](=O)[O-])c1. The molecule has 1 saturated heterocycles. The first-order valence-electron chi connectivity index (χ1n) is 10.8. The van der Waals surface area contributed by atoms with Crippen molar-refractivity contribution in [3.8, 4) is 5.75 Å². The van der Waals surface area contributed by atoms with E-state index in [-0.39, 0.29) is 11.6 Å². The smallest absolute Gasteiger partial charge is 0.271 e. The molecule has 0 spiro atoms. The number of hydrogen-bond acceptors (Lipinski definition) is 6. The largest absolute Gasteiger partial charge is 0.492 e. The van der Waals surface area contributed by atoms with E-state index in [0.29, 0.717) is 28.1 Å². The van der Waals surface area contributed by atoms with Crippen molar-refractivity contribution in [1.82, 2.24) is 4.57 Å². The van der Waals surface area contributed by atoms with E-state index in [1.165, 1.54) is 28.8 Å². The molecule has 0 aliphatic carbocycles. The van der Waals surface area contributed by atoms with E-state index in [0.717, 1.165) is 22.2 Å². The number of nitro groups is 1. The number of ether oxygens (including phenoxy) is 1. The van der Waals surface area contributed by atoms with E-state index in [1.807, 2.05) is 66.9 Å². The molecule has 0 unspecified atom stereocenters. The molecule has 3 aromatic carbocycles. The normalized spacial score (nSPS) is 14.7. The van der Waals surface area contributed by atoms with Crippen molar-refractivity contribution in [1.29, 1.82) is 0 Å². The predicted molar refractivity (Wildman–Crippen MR) is 143 cm³/mol. The van der Waals surface area contributed by atoms with Gasteiger partial charge in [-0.15, -0.1) is 0 Å². The molecule has 2 heterocycles. The van der Waals surface area contributed by atoms with Gasteiger partial charge < -0.3 is 9.30 Å². The van der Waals surface area contributed by atoms with Crippen LogP contribution in [0.25, 0.3) is 17.0 Å². The third-order valence-electron chi connectivity index (χ3n) is 5.54. The zero-order chi connectivity index (χ0) is 24.4. The minimum absolute atomic E-state index is 0.0960. The average molecular weight is 502 g/mol. The minimum Gasteiger partial charge on any atom is -0.492 e. The number of benzene rings is 3. The van der Waals surface area contributed by atoms with Crippen LogP contribution in [0.1, 0.15) is 5.56 Å². The van der Waals surface area contributed by atoms with Crippen LogP contribution in [0.2, 0.25) is 0 Å². The lowest BCUT2D eigenvalue weighted by atomic mass is 10.1. The molecule has 1 aliphatic rings. The average Bonchev–Trinajstić information content (AvgIpc) is 3.36. The van der Waals surface area contributed by atoms with Gasteiger partial charge in [-0.1, -0.05) is 66.4 Å². The predicted octanol–water partition coefficient (Wildman–Crippen LogP) is 6.03. The Morgan fingerprint density at radius 1 is 1.03 bits per heavy atom. The molecule has 7 nitrogen and oxygen atoms in total. The standard InChI is InChI=1S/C26H19N3O4S2/c30-25-24(35-26(34)28(25)19-7-6-8-20(16-19)29(31)32)15-18-17-27(23-12-5-4-11-22(18)23)13-14-33-21-9-2-1-3-10-21/h1-12,15-17H,13-14H2/b24-15+. The molecule has 0 radical (unpaired) electrons. The number of thiocarbonyl (C=S) groups is 1. The van der Waals surface area contributed by atoms with Gasteiger partial charge in [0.2, 0.25) is 0 Å². The Labute approximate surface area is 210 Å². The molecule has 35 heavy (non-hydrogen) atoms. The van der Waals surface area contributed by atoms with Gasteiger partial charge in [0.1, 0.15) is 12.4 Å². The molecule has 1 amide bonds. The van der Waals surface area contributed by atoms with Gasteiger partial charge in [-0.2, -0.15) is 0 Å². The van der Waals surface area contributed by atoms with Crippen molar-refractivity contribution in [3.05, 3.63) is 106 Å². The topological polar surface area (TPSA) is 77.6 Å². The second-order valence-electron chi connectivity index (χ2n) is 7.75. The van der Waals surface area contributed by atoms with Crippen molar-refractivity contribution in [2.45, 2.75) is 6.54 Å². The van der Waals surface area contributed by atoms with Gasteiger partial charge in [-0.3, -0.25) is 19.8 Å². The molecule has 1 fully saturated rings. The number of hydrogen-bond donors (Lipinski definition) is 0. The highest BCUT2D eigenvalue weighted by atomic mass is 32.2. The molecule has 174 valence electrons. The van der Waals surface area contributed by atoms with Gasteiger partial charge in [0.05, 0.1) is 22.1 Å². The number of nitrogens with zero attached hydrogens (tertiary/aromatic N) is 3. The zero-order valence-corrected chi connectivity index (χ0v) is 20.0. The highest BCUT2D eigenvalue weighted by molar-refractivity contribution is 8.27. The zero-order valence-electron chi connectivity index (χ0n) is 18.4. The van der Waals surface area contributed by atoms with E-state index in [1.54, 1.807) is 12.1 Å². The first kappa shape index (κ1) is 22.8. The van der Waals surface area contributed by atoms with Crippen LogP contribution in [0.3, 0.4) is 0 Å². The van der Waals surface area contributed by atoms with Crippen molar-refractivity contribution >= 4 is 62.6 Å². The van der Waals surface area contributed by atoms with Crippen LogP contribution in [0.5, 0.6) is 5.75 Å². The summed E-state index contributed by atoms with van der Waals surface area (Å²) in [6, 6.07) is 23.5. The van der Waals surface area contributed by atoms with Gasteiger partial charge in [-0.25, -0.2) is 0 Å². The summed E-state index contributed by atoms with van der Waals surface area (Å²) < 4.78 is 8.29. The number of aromatic nitrogens is 1. The van der Waals surface area contributed by atoms with E-state index < -0.39 is 4.92 Å². The summed E-state index contributed by atoms with van der Waals surface area (Å²) in [6.07, 6.45) is 3.83. The fourth-order valence-corrected chi connectivity index (χ4v) is 5.22. The number of amides is 1. The number of non-ortho nitro benzene ring substituents is 1. The quantitative estimate of drug-likeness (QED) is 0.133. The Bertz CT molecular complexity index is 1480. The molecule has 0 atom stereocenters. The van der Waals surface area contributed by atoms with E-state index in [4.69, 9.17) is 17.0 Å². The third kappa shape index (κ3) is 4.68. The number of anilines is 1. The van der Waals surface area contributed by atoms with Gasteiger partial charge in [-0.05, 0) is 30.3 Å². The van der Waals surface area contributed by atoms with Crippen LogP contribution in [-0.2, 0) is 11.3 Å². The van der Waals surface area contributed by atoms with Crippen LogP contribution < -0.4 is 9.64 Å². The molecule has 4 aromatic rings. The maximum atomic E-state index is 13.2. The monoisotopic (exact) mass is 501 g/mol. The summed E-state index contributed by atoms with van der Waals surface area (Å²) in [5, 5.41) is 12.2. The summed E-state index contributed by atoms with van der Waals surface area (Å²) >= 11 is 6.63. The number of carbonyl (C=O) groups excluding carboxylic acids is 1. The highest BCUT2D eigenvalue weighted by Gasteiger charge is 2.34. The number of rotatable bonds is 7. The summed E-state index contributed by atoms with van der Waals surface area (Å²) in [4.78, 5) is 25.7. The Hall–Kier alpha value is -3.95. The van der Waals surface area contributed by atoms with Gasteiger partial charge >= 0.3 is 0 Å². The van der Waals surface area contributed by atoms with E-state index in [9.17, 15) is 14.9 Å². The molecule has 0 bridgehead atoms. The first-order chi connectivity index (χ1) is 17.0. The van der Waals surface area contributed by atoms with Crippen molar-refractivity contribution in [3.63, 3.8) is 0 Å². The molecule has 1 aromatic heterocycles. The molecular formula is C26H19N3O4S2. The maximum Gasteiger partial charge on any atom is 0.271 e. The summed E-state index contributed by atoms with van der Waals surface area (Å²) in [6.45, 7) is 1.13. The number of thioether (sulfide) groups is 1. The number of fused-ring (bicyclic) bond motifs is 1. The lowest BCUT2D eigenvalue weighted by molar-refractivity contribution is -0.384.